The van der Waals surface area contributed by atoms with Gasteiger partial charge in [-0.2, -0.15) is 5.10 Å². The first kappa shape index (κ1) is 21.6. The molecule has 1 aromatic heterocycles. The predicted molar refractivity (Wildman–Crippen MR) is 118 cm³/mol. The molecule has 1 aromatic carbocycles. The Morgan fingerprint density at radius 2 is 1.85 bits per heavy atom. The second kappa shape index (κ2) is 11.3. The maximum absolute atomic E-state index is 5.44. The number of aromatic nitrogens is 2. The third kappa shape index (κ3) is 6.78. The van der Waals surface area contributed by atoms with Gasteiger partial charge >= 0.3 is 0 Å². The highest BCUT2D eigenvalue weighted by molar-refractivity contribution is 14.0. The predicted octanol–water partition coefficient (Wildman–Crippen LogP) is 1.74. The van der Waals surface area contributed by atoms with Crippen molar-refractivity contribution in [3.8, 4) is 0 Å². The molecule has 0 spiro atoms. The average Bonchev–Trinajstić information content (AvgIpc) is 3.09. The van der Waals surface area contributed by atoms with Crippen LogP contribution in [0.5, 0.6) is 0 Å². The minimum absolute atomic E-state index is 0. The number of benzene rings is 1. The molecule has 27 heavy (non-hydrogen) atoms. The van der Waals surface area contributed by atoms with Crippen LogP contribution in [0.3, 0.4) is 0 Å². The van der Waals surface area contributed by atoms with Gasteiger partial charge in [0.2, 0.25) is 0 Å². The number of hydrogen-bond acceptors (Lipinski definition) is 4. The Labute approximate surface area is 178 Å². The molecule has 3 rings (SSSR count). The lowest BCUT2D eigenvalue weighted by atomic mass is 10.1. The van der Waals surface area contributed by atoms with Crippen LogP contribution >= 0.6 is 24.0 Å². The first-order chi connectivity index (χ1) is 12.7. The van der Waals surface area contributed by atoms with Crippen LogP contribution in [0, 0.1) is 0 Å². The Hall–Kier alpha value is -1.65. The summed E-state index contributed by atoms with van der Waals surface area (Å²) < 4.78 is 7.24. The van der Waals surface area contributed by atoms with Gasteiger partial charge in [0.05, 0.1) is 19.4 Å². The lowest BCUT2D eigenvalue weighted by Gasteiger charge is -2.27. The third-order valence-electron chi connectivity index (χ3n) is 4.50. The van der Waals surface area contributed by atoms with E-state index < -0.39 is 0 Å². The molecule has 1 aliphatic rings. The number of ether oxygens (including phenoxy) is 1. The lowest BCUT2D eigenvalue weighted by Crippen LogP contribution is -2.37. The number of aryl methyl sites for hydroxylation is 1. The molecule has 0 saturated carbocycles. The summed E-state index contributed by atoms with van der Waals surface area (Å²) >= 11 is 0. The number of guanidine groups is 1. The highest BCUT2D eigenvalue weighted by Crippen LogP contribution is 2.13. The van der Waals surface area contributed by atoms with Crippen molar-refractivity contribution in [1.82, 2.24) is 25.3 Å². The Bertz CT molecular complexity index is 726. The van der Waals surface area contributed by atoms with E-state index in [0.717, 1.165) is 50.9 Å². The summed E-state index contributed by atoms with van der Waals surface area (Å²) in [4.78, 5) is 6.75. The second-order valence-electron chi connectivity index (χ2n) is 6.46. The maximum Gasteiger partial charge on any atom is 0.191 e. The lowest BCUT2D eigenvalue weighted by molar-refractivity contribution is 0.0341. The fourth-order valence-electron chi connectivity index (χ4n) is 3.03. The zero-order valence-corrected chi connectivity index (χ0v) is 18.3. The maximum atomic E-state index is 5.44. The molecule has 1 fully saturated rings. The second-order valence-corrected chi connectivity index (χ2v) is 6.46. The van der Waals surface area contributed by atoms with Crippen LogP contribution in [0.15, 0.2) is 41.7 Å². The Kier molecular flexibility index (Phi) is 9.02. The molecule has 0 bridgehead atoms. The van der Waals surface area contributed by atoms with Crippen molar-refractivity contribution in [2.75, 3.05) is 33.4 Å². The summed E-state index contributed by atoms with van der Waals surface area (Å²) in [6.45, 7) is 6.04. The monoisotopic (exact) mass is 484 g/mol. The van der Waals surface area contributed by atoms with Crippen LogP contribution in [0.25, 0.3) is 0 Å². The highest BCUT2D eigenvalue weighted by Gasteiger charge is 2.12. The molecule has 1 aliphatic heterocycles. The first-order valence-corrected chi connectivity index (χ1v) is 9.03. The number of nitrogens with one attached hydrogen (secondary N) is 2. The molecule has 0 radical (unpaired) electrons. The molecule has 0 atom stereocenters. The van der Waals surface area contributed by atoms with Crippen LogP contribution in [0.4, 0.5) is 0 Å². The van der Waals surface area contributed by atoms with Crippen molar-refractivity contribution >= 4 is 29.9 Å². The summed E-state index contributed by atoms with van der Waals surface area (Å²) in [7, 11) is 3.71. The van der Waals surface area contributed by atoms with Gasteiger partial charge in [-0.25, -0.2) is 0 Å². The minimum Gasteiger partial charge on any atom is -0.379 e. The molecule has 2 heterocycles. The van der Waals surface area contributed by atoms with Gasteiger partial charge in [-0.1, -0.05) is 24.3 Å². The zero-order chi connectivity index (χ0) is 18.2. The molecule has 0 unspecified atom stereocenters. The number of halogens is 1. The van der Waals surface area contributed by atoms with Crippen LogP contribution in [-0.2, 0) is 31.4 Å². The summed E-state index contributed by atoms with van der Waals surface area (Å²) in [5.41, 5.74) is 3.77. The van der Waals surface area contributed by atoms with Gasteiger partial charge < -0.3 is 15.4 Å². The molecule has 0 amide bonds. The van der Waals surface area contributed by atoms with E-state index in [1.54, 1.807) is 11.7 Å². The zero-order valence-electron chi connectivity index (χ0n) is 16.0. The summed E-state index contributed by atoms with van der Waals surface area (Å²) in [6, 6.07) is 8.58. The van der Waals surface area contributed by atoms with Crippen LogP contribution in [0.2, 0.25) is 0 Å². The normalized spacial score (nSPS) is 15.3. The van der Waals surface area contributed by atoms with Crippen LogP contribution in [0.1, 0.15) is 16.7 Å². The molecule has 2 aromatic rings. The van der Waals surface area contributed by atoms with Gasteiger partial charge in [0, 0.05) is 58.6 Å². The minimum atomic E-state index is 0. The van der Waals surface area contributed by atoms with Crippen molar-refractivity contribution in [3.05, 3.63) is 53.3 Å². The first-order valence-electron chi connectivity index (χ1n) is 9.03. The average molecular weight is 484 g/mol. The number of nitrogens with zero attached hydrogens (tertiary/aromatic N) is 4. The van der Waals surface area contributed by atoms with E-state index in [2.05, 4.69) is 49.9 Å². The van der Waals surface area contributed by atoms with Gasteiger partial charge in [0.15, 0.2) is 5.96 Å². The fraction of sp³-hybridized carbons (Fsp3) is 0.474. The quantitative estimate of drug-likeness (QED) is 0.372. The van der Waals surface area contributed by atoms with E-state index in [1.165, 1.54) is 11.1 Å². The van der Waals surface area contributed by atoms with Crippen molar-refractivity contribution in [2.24, 2.45) is 12.0 Å². The molecule has 7 nitrogen and oxygen atoms in total. The molecular formula is C19H29IN6O. The van der Waals surface area contributed by atoms with E-state index >= 15 is 0 Å². The SMILES string of the molecule is CN=C(NCc1cnn(C)c1)NCc1ccccc1CN1CCOCC1.I. The molecule has 1 saturated heterocycles. The van der Waals surface area contributed by atoms with Gasteiger partial charge in [0.1, 0.15) is 0 Å². The standard InChI is InChI=1S/C19H28N6O.HI/c1-20-19(21-11-16-12-23-24(2)14-16)22-13-17-5-3-4-6-18(17)15-25-7-9-26-10-8-25;/h3-6,12,14H,7-11,13,15H2,1-2H3,(H2,20,21,22);1H. The fourth-order valence-corrected chi connectivity index (χ4v) is 3.03. The van der Waals surface area contributed by atoms with Crippen molar-refractivity contribution < 1.29 is 4.74 Å². The molecule has 0 aliphatic carbocycles. The number of rotatable bonds is 6. The van der Waals surface area contributed by atoms with Gasteiger partial charge in [-0.15, -0.1) is 24.0 Å². The van der Waals surface area contributed by atoms with Crippen LogP contribution in [-0.4, -0.2) is 54.0 Å². The van der Waals surface area contributed by atoms with Crippen molar-refractivity contribution in [2.45, 2.75) is 19.6 Å². The molecular weight excluding hydrogens is 455 g/mol. The Morgan fingerprint density at radius 3 is 2.52 bits per heavy atom. The third-order valence-corrected chi connectivity index (χ3v) is 4.50. The van der Waals surface area contributed by atoms with Gasteiger partial charge in [-0.05, 0) is 11.1 Å². The van der Waals surface area contributed by atoms with E-state index in [-0.39, 0.29) is 24.0 Å². The van der Waals surface area contributed by atoms with E-state index in [4.69, 9.17) is 4.74 Å². The number of aliphatic imine (C=N–C) groups is 1. The van der Waals surface area contributed by atoms with E-state index in [1.807, 2.05) is 19.4 Å². The van der Waals surface area contributed by atoms with Crippen molar-refractivity contribution in [1.29, 1.82) is 0 Å². The molecule has 2 N–H and O–H groups in total. The summed E-state index contributed by atoms with van der Waals surface area (Å²) in [6.07, 6.45) is 3.86. The van der Waals surface area contributed by atoms with Crippen LogP contribution < -0.4 is 10.6 Å². The van der Waals surface area contributed by atoms with E-state index in [0.29, 0.717) is 6.54 Å². The largest absolute Gasteiger partial charge is 0.379 e. The van der Waals surface area contributed by atoms with Gasteiger partial charge in [0.25, 0.3) is 0 Å². The Morgan fingerprint density at radius 1 is 1.15 bits per heavy atom. The summed E-state index contributed by atoms with van der Waals surface area (Å²) in [5.74, 6) is 0.787. The smallest absolute Gasteiger partial charge is 0.191 e. The van der Waals surface area contributed by atoms with Gasteiger partial charge in [-0.3, -0.25) is 14.6 Å². The summed E-state index contributed by atoms with van der Waals surface area (Å²) in [5, 5.41) is 10.9. The Balaban J connectivity index is 0.00000261. The highest BCUT2D eigenvalue weighted by atomic mass is 127. The number of hydrogen-bond donors (Lipinski definition) is 2. The topological polar surface area (TPSA) is 66.7 Å². The molecule has 148 valence electrons. The van der Waals surface area contributed by atoms with E-state index in [9.17, 15) is 0 Å². The number of morpholine rings is 1. The van der Waals surface area contributed by atoms with Crippen molar-refractivity contribution in [3.63, 3.8) is 0 Å². The molecule has 8 heteroatoms.